The molecule has 0 aromatic rings. The fraction of sp³-hybridized carbons (Fsp3) is 1.00. The van der Waals surface area contributed by atoms with E-state index in [4.69, 9.17) is 4.74 Å². The second kappa shape index (κ2) is 19.7. The van der Waals surface area contributed by atoms with Gasteiger partial charge in [-0.05, 0) is 18.8 Å². The average Bonchev–Trinajstić information content (AvgIpc) is 2.54. The smallest absolute Gasteiger partial charge is 0.0473 e. The summed E-state index contributed by atoms with van der Waals surface area (Å²) in [4.78, 5) is 0. The summed E-state index contributed by atoms with van der Waals surface area (Å²) < 4.78 is 6.80. The van der Waals surface area contributed by atoms with Crippen LogP contribution in [0.15, 0.2) is 0 Å². The highest BCUT2D eigenvalue weighted by atomic mass is 127. The molecule has 2 heteroatoms. The van der Waals surface area contributed by atoms with Crippen molar-refractivity contribution < 1.29 is 4.74 Å². The number of unbranched alkanes of at least 4 members (excludes halogenated alkanes) is 10. The molecule has 0 aromatic heterocycles. The molecular weight excluding hydrogens is 383 g/mol. The molecule has 0 bridgehead atoms. The maximum Gasteiger partial charge on any atom is 0.0473 e. The molecule has 0 amide bonds. The Balaban J connectivity index is 2.97. The molecule has 0 spiro atoms. The van der Waals surface area contributed by atoms with E-state index in [1.165, 1.54) is 94.3 Å². The summed E-state index contributed by atoms with van der Waals surface area (Å²) in [5.41, 5.74) is 0. The molecule has 1 atom stereocenters. The molecule has 22 heavy (non-hydrogen) atoms. The van der Waals surface area contributed by atoms with Crippen molar-refractivity contribution in [2.24, 2.45) is 5.92 Å². The summed E-state index contributed by atoms with van der Waals surface area (Å²) in [6, 6.07) is 0. The molecule has 0 fully saturated rings. The van der Waals surface area contributed by atoms with Crippen molar-refractivity contribution in [1.82, 2.24) is 0 Å². The van der Waals surface area contributed by atoms with Gasteiger partial charge in [-0.15, -0.1) is 0 Å². The Bertz CT molecular complexity index is 196. The van der Waals surface area contributed by atoms with Gasteiger partial charge in [-0.2, -0.15) is 0 Å². The van der Waals surface area contributed by atoms with Gasteiger partial charge in [-0.3, -0.25) is 0 Å². The van der Waals surface area contributed by atoms with Crippen molar-refractivity contribution in [1.29, 1.82) is 0 Å². The third kappa shape index (κ3) is 18.7. The van der Waals surface area contributed by atoms with Gasteiger partial charge in [0.05, 0.1) is 0 Å². The van der Waals surface area contributed by atoms with E-state index < -0.39 is 0 Å². The lowest BCUT2D eigenvalue weighted by atomic mass is 9.99. The van der Waals surface area contributed by atoms with E-state index in [1.807, 2.05) is 0 Å². The van der Waals surface area contributed by atoms with Crippen molar-refractivity contribution >= 4 is 22.6 Å². The summed E-state index contributed by atoms with van der Waals surface area (Å²) in [6.45, 7) is 6.63. The predicted octanol–water partition coefficient (Wildman–Crippen LogP) is 7.56. The van der Waals surface area contributed by atoms with Gasteiger partial charge >= 0.3 is 0 Å². The van der Waals surface area contributed by atoms with Crippen LogP contribution < -0.4 is 0 Å². The summed E-state index contributed by atoms with van der Waals surface area (Å²) in [6.07, 6.45) is 19.7. The Labute approximate surface area is 154 Å². The molecule has 0 aliphatic carbocycles. The van der Waals surface area contributed by atoms with Crippen LogP contribution in [-0.2, 0) is 4.74 Å². The average molecular weight is 424 g/mol. The van der Waals surface area contributed by atoms with E-state index in [1.54, 1.807) is 0 Å². The lowest BCUT2D eigenvalue weighted by Gasteiger charge is -2.07. The fourth-order valence-corrected chi connectivity index (χ4v) is 3.06. The summed E-state index contributed by atoms with van der Waals surface area (Å²) in [7, 11) is 0. The Morgan fingerprint density at radius 1 is 0.682 bits per heavy atom. The van der Waals surface area contributed by atoms with E-state index in [2.05, 4.69) is 36.4 Å². The number of alkyl halides is 1. The van der Waals surface area contributed by atoms with E-state index in [-0.39, 0.29) is 0 Å². The van der Waals surface area contributed by atoms with Crippen LogP contribution >= 0.6 is 22.6 Å². The van der Waals surface area contributed by atoms with Crippen LogP contribution in [0.25, 0.3) is 0 Å². The highest BCUT2D eigenvalue weighted by Gasteiger charge is 1.98. The summed E-state index contributed by atoms with van der Waals surface area (Å²) in [5.74, 6) is 0.941. The second-order valence-corrected chi connectivity index (χ2v) is 7.92. The van der Waals surface area contributed by atoms with E-state index >= 15 is 0 Å². The SMILES string of the molecule is CCC(C)CCCCCCCCCCCCCOCCCI. The molecular formula is C20H41IO. The first kappa shape index (κ1) is 22.7. The topological polar surface area (TPSA) is 9.23 Å². The van der Waals surface area contributed by atoms with Crippen LogP contribution in [0.3, 0.4) is 0 Å². The van der Waals surface area contributed by atoms with Crippen molar-refractivity contribution in [3.8, 4) is 0 Å². The van der Waals surface area contributed by atoms with Crippen molar-refractivity contribution in [2.45, 2.75) is 104 Å². The maximum absolute atomic E-state index is 5.58. The second-order valence-electron chi connectivity index (χ2n) is 6.85. The largest absolute Gasteiger partial charge is 0.381 e. The van der Waals surface area contributed by atoms with Crippen LogP contribution in [0.4, 0.5) is 0 Å². The molecule has 1 unspecified atom stereocenters. The van der Waals surface area contributed by atoms with E-state index in [0.29, 0.717) is 0 Å². The van der Waals surface area contributed by atoms with Crippen LogP contribution in [0.2, 0.25) is 0 Å². The van der Waals surface area contributed by atoms with Gasteiger partial charge in [0, 0.05) is 17.6 Å². The molecule has 0 heterocycles. The lowest BCUT2D eigenvalue weighted by Crippen LogP contribution is -1.97. The van der Waals surface area contributed by atoms with Gasteiger partial charge in [0.25, 0.3) is 0 Å². The first-order valence-corrected chi connectivity index (χ1v) is 11.5. The lowest BCUT2D eigenvalue weighted by molar-refractivity contribution is 0.131. The van der Waals surface area contributed by atoms with Crippen molar-refractivity contribution in [3.05, 3.63) is 0 Å². The number of halogens is 1. The van der Waals surface area contributed by atoms with Gasteiger partial charge in [0.2, 0.25) is 0 Å². The Hall–Kier alpha value is 0.690. The molecule has 134 valence electrons. The van der Waals surface area contributed by atoms with Gasteiger partial charge in [-0.25, -0.2) is 0 Å². The van der Waals surface area contributed by atoms with Gasteiger partial charge in [0.15, 0.2) is 0 Å². The normalized spacial score (nSPS) is 12.7. The molecule has 0 aliphatic heterocycles. The zero-order valence-corrected chi connectivity index (χ0v) is 17.5. The minimum absolute atomic E-state index is 0.941. The zero-order valence-electron chi connectivity index (χ0n) is 15.4. The Morgan fingerprint density at radius 2 is 1.14 bits per heavy atom. The van der Waals surface area contributed by atoms with Crippen LogP contribution in [0.1, 0.15) is 104 Å². The molecule has 0 N–H and O–H groups in total. The zero-order chi connectivity index (χ0) is 16.3. The summed E-state index contributed by atoms with van der Waals surface area (Å²) >= 11 is 2.41. The Kier molecular flexibility index (Phi) is 20.4. The minimum atomic E-state index is 0.941. The molecule has 0 rings (SSSR count). The standard InChI is InChI=1S/C20H41IO/c1-3-20(2)16-13-11-9-7-5-4-6-8-10-12-14-18-22-19-15-17-21/h20H,3-19H2,1-2H3. The fourth-order valence-electron chi connectivity index (χ4n) is 2.75. The predicted molar refractivity (Wildman–Crippen MR) is 109 cm³/mol. The maximum atomic E-state index is 5.58. The molecule has 0 aromatic carbocycles. The third-order valence-corrected chi connectivity index (χ3v) is 5.37. The Morgan fingerprint density at radius 3 is 1.64 bits per heavy atom. The molecule has 1 nitrogen and oxygen atoms in total. The van der Waals surface area contributed by atoms with Gasteiger partial charge < -0.3 is 4.74 Å². The number of hydrogen-bond acceptors (Lipinski definition) is 1. The minimum Gasteiger partial charge on any atom is -0.381 e. The molecule has 0 radical (unpaired) electrons. The van der Waals surface area contributed by atoms with Crippen LogP contribution in [0.5, 0.6) is 0 Å². The first-order chi connectivity index (χ1) is 10.8. The van der Waals surface area contributed by atoms with Crippen molar-refractivity contribution in [3.63, 3.8) is 0 Å². The highest BCUT2D eigenvalue weighted by molar-refractivity contribution is 14.1. The third-order valence-electron chi connectivity index (χ3n) is 4.60. The first-order valence-electron chi connectivity index (χ1n) is 9.95. The van der Waals surface area contributed by atoms with Gasteiger partial charge in [0.1, 0.15) is 0 Å². The number of hydrogen-bond donors (Lipinski definition) is 0. The number of rotatable bonds is 18. The number of ether oxygens (including phenoxy) is 1. The molecule has 0 saturated heterocycles. The summed E-state index contributed by atoms with van der Waals surface area (Å²) in [5, 5.41) is 0. The van der Waals surface area contributed by atoms with E-state index in [9.17, 15) is 0 Å². The van der Waals surface area contributed by atoms with Gasteiger partial charge in [-0.1, -0.05) is 113 Å². The van der Waals surface area contributed by atoms with Crippen molar-refractivity contribution in [2.75, 3.05) is 17.6 Å². The molecule has 0 aliphatic rings. The monoisotopic (exact) mass is 424 g/mol. The highest BCUT2D eigenvalue weighted by Crippen LogP contribution is 2.15. The van der Waals surface area contributed by atoms with E-state index in [0.717, 1.165) is 19.1 Å². The van der Waals surface area contributed by atoms with Crippen LogP contribution in [-0.4, -0.2) is 17.6 Å². The molecule has 0 saturated carbocycles. The van der Waals surface area contributed by atoms with Crippen LogP contribution in [0, 0.1) is 5.92 Å². The quantitative estimate of drug-likeness (QED) is 0.125.